The molecule has 0 saturated carbocycles. The molecular formula is C24H26O10. The van der Waals surface area contributed by atoms with Crippen LogP contribution in [0.1, 0.15) is 11.1 Å². The van der Waals surface area contributed by atoms with Crippen LogP contribution >= 0.6 is 0 Å². The number of carboxylic acids is 2. The van der Waals surface area contributed by atoms with Gasteiger partial charge in [0.2, 0.25) is 0 Å². The van der Waals surface area contributed by atoms with E-state index < -0.39 is 35.7 Å². The third kappa shape index (κ3) is 7.80. The van der Waals surface area contributed by atoms with Crippen molar-refractivity contribution in [2.75, 3.05) is 27.4 Å². The third-order valence-corrected chi connectivity index (χ3v) is 4.91. The number of rotatable bonds is 13. The first kappa shape index (κ1) is 26.2. The van der Waals surface area contributed by atoms with Crippen LogP contribution in [0, 0.1) is 11.8 Å². The molecule has 2 aromatic rings. The van der Waals surface area contributed by atoms with Crippen LogP contribution in [-0.2, 0) is 41.5 Å². The third-order valence-electron chi connectivity index (χ3n) is 4.91. The monoisotopic (exact) mass is 474 g/mol. The van der Waals surface area contributed by atoms with Crippen molar-refractivity contribution in [1.82, 2.24) is 0 Å². The van der Waals surface area contributed by atoms with E-state index >= 15 is 0 Å². The van der Waals surface area contributed by atoms with E-state index in [2.05, 4.69) is 9.47 Å². The van der Waals surface area contributed by atoms with Gasteiger partial charge >= 0.3 is 23.9 Å². The van der Waals surface area contributed by atoms with Crippen molar-refractivity contribution in [3.05, 3.63) is 59.7 Å². The van der Waals surface area contributed by atoms with Crippen molar-refractivity contribution in [3.63, 3.8) is 0 Å². The van der Waals surface area contributed by atoms with Gasteiger partial charge in [0.05, 0.1) is 14.2 Å². The maximum atomic E-state index is 11.8. The molecule has 2 aromatic carbocycles. The maximum Gasteiger partial charge on any atom is 0.320 e. The van der Waals surface area contributed by atoms with Crippen LogP contribution in [0.3, 0.4) is 0 Å². The number of carbonyl (C=O) groups is 4. The minimum absolute atomic E-state index is 0.121. The van der Waals surface area contributed by atoms with Crippen LogP contribution in [0.25, 0.3) is 0 Å². The van der Waals surface area contributed by atoms with E-state index in [4.69, 9.17) is 19.7 Å². The van der Waals surface area contributed by atoms with Gasteiger partial charge in [0.25, 0.3) is 0 Å². The minimum atomic E-state index is -1.50. The number of hydrogen-bond donors (Lipinski definition) is 2. The Bertz CT molecular complexity index is 952. The molecule has 0 unspecified atom stereocenters. The lowest BCUT2D eigenvalue weighted by atomic mass is 9.99. The van der Waals surface area contributed by atoms with Crippen LogP contribution in [0.2, 0.25) is 0 Å². The van der Waals surface area contributed by atoms with Gasteiger partial charge in [0.15, 0.2) is 11.8 Å². The number of aliphatic carboxylic acids is 2. The van der Waals surface area contributed by atoms with Gasteiger partial charge < -0.3 is 29.2 Å². The van der Waals surface area contributed by atoms with E-state index in [-0.39, 0.29) is 26.1 Å². The number of carboxylic acid groups (broad SMARTS) is 2. The van der Waals surface area contributed by atoms with Crippen molar-refractivity contribution >= 4 is 23.9 Å². The quantitative estimate of drug-likeness (QED) is 0.251. The first-order valence-electron chi connectivity index (χ1n) is 10.3. The summed E-state index contributed by atoms with van der Waals surface area (Å²) >= 11 is 0. The highest BCUT2D eigenvalue weighted by Crippen LogP contribution is 2.18. The van der Waals surface area contributed by atoms with Gasteiger partial charge in [-0.3, -0.25) is 19.2 Å². The Labute approximate surface area is 196 Å². The van der Waals surface area contributed by atoms with Gasteiger partial charge in [-0.05, 0) is 48.2 Å². The van der Waals surface area contributed by atoms with Crippen molar-refractivity contribution in [2.24, 2.45) is 11.8 Å². The predicted octanol–water partition coefficient (Wildman–Crippen LogP) is 1.98. The summed E-state index contributed by atoms with van der Waals surface area (Å²) in [4.78, 5) is 45.6. The summed E-state index contributed by atoms with van der Waals surface area (Å²) in [5.74, 6) is -5.54. The molecule has 0 heterocycles. The average Bonchev–Trinajstić information content (AvgIpc) is 2.83. The lowest BCUT2D eigenvalue weighted by Crippen LogP contribution is -2.28. The average molecular weight is 474 g/mol. The van der Waals surface area contributed by atoms with Crippen molar-refractivity contribution in [1.29, 1.82) is 0 Å². The number of esters is 2. The van der Waals surface area contributed by atoms with E-state index in [1.54, 1.807) is 48.5 Å². The summed E-state index contributed by atoms with van der Waals surface area (Å²) in [5, 5.41) is 17.9. The van der Waals surface area contributed by atoms with Gasteiger partial charge in [0, 0.05) is 0 Å². The van der Waals surface area contributed by atoms with Gasteiger partial charge in [-0.1, -0.05) is 24.3 Å². The Morgan fingerprint density at radius 1 is 0.647 bits per heavy atom. The summed E-state index contributed by atoms with van der Waals surface area (Å²) in [6.45, 7) is 0.481. The molecule has 0 radical (unpaired) electrons. The van der Waals surface area contributed by atoms with Gasteiger partial charge in [0.1, 0.15) is 24.7 Å². The zero-order valence-electron chi connectivity index (χ0n) is 18.8. The molecule has 182 valence electrons. The van der Waals surface area contributed by atoms with Gasteiger partial charge in [-0.15, -0.1) is 0 Å². The lowest BCUT2D eigenvalue weighted by Gasteiger charge is -2.13. The highest BCUT2D eigenvalue weighted by atomic mass is 16.5. The normalized spacial score (nSPS) is 10.6. The minimum Gasteiger partial charge on any atom is -0.490 e. The second-order valence-electron chi connectivity index (χ2n) is 7.22. The molecular weight excluding hydrogens is 448 g/mol. The maximum absolute atomic E-state index is 11.8. The smallest absolute Gasteiger partial charge is 0.320 e. The molecule has 10 nitrogen and oxygen atoms in total. The molecule has 2 N–H and O–H groups in total. The fourth-order valence-corrected chi connectivity index (χ4v) is 3.06. The number of hydrogen-bond acceptors (Lipinski definition) is 8. The van der Waals surface area contributed by atoms with Crippen molar-refractivity contribution in [2.45, 2.75) is 12.8 Å². The molecule has 0 amide bonds. The van der Waals surface area contributed by atoms with E-state index in [1.807, 2.05) is 0 Å². The Hall–Kier alpha value is -4.08. The Morgan fingerprint density at radius 3 is 1.32 bits per heavy atom. The highest BCUT2D eigenvalue weighted by Gasteiger charge is 2.29. The SMILES string of the molecule is COC(=O)C(Cc1ccc(OCCOc2ccc(CC(C(=O)O)C(=O)O)cc2)cc1)C(=O)OC. The Morgan fingerprint density at radius 2 is 1.00 bits per heavy atom. The molecule has 0 atom stereocenters. The molecule has 0 aromatic heterocycles. The van der Waals surface area contributed by atoms with Gasteiger partial charge in [-0.25, -0.2) is 0 Å². The van der Waals surface area contributed by atoms with E-state index in [0.29, 0.717) is 17.1 Å². The summed E-state index contributed by atoms with van der Waals surface area (Å²) in [6.07, 6.45) is 0.0163. The van der Waals surface area contributed by atoms with Crippen LogP contribution in [0.5, 0.6) is 11.5 Å². The van der Waals surface area contributed by atoms with Crippen molar-refractivity contribution < 1.29 is 48.3 Å². The first-order chi connectivity index (χ1) is 16.2. The largest absolute Gasteiger partial charge is 0.490 e. The molecule has 0 spiro atoms. The number of methoxy groups -OCH3 is 2. The molecule has 0 aliphatic rings. The second kappa shape index (κ2) is 12.8. The number of carbonyl (C=O) groups excluding carboxylic acids is 2. The van der Waals surface area contributed by atoms with Crippen LogP contribution in [-0.4, -0.2) is 61.5 Å². The molecule has 0 aliphatic carbocycles. The van der Waals surface area contributed by atoms with Crippen LogP contribution in [0.15, 0.2) is 48.5 Å². The fourth-order valence-electron chi connectivity index (χ4n) is 3.06. The predicted molar refractivity (Wildman–Crippen MR) is 118 cm³/mol. The standard InChI is InChI=1S/C24H26O10/c1-31-23(29)20(24(30)32-2)14-16-5-9-18(10-6-16)34-12-11-33-17-7-3-15(4-8-17)13-19(21(25)26)22(27)28/h3-10,19-20H,11-14H2,1-2H3,(H,25,26)(H,27,28). The summed E-state index contributed by atoms with van der Waals surface area (Å²) < 4.78 is 20.5. The molecule has 10 heteroatoms. The van der Waals surface area contributed by atoms with E-state index in [9.17, 15) is 19.2 Å². The molecule has 0 saturated heterocycles. The molecule has 34 heavy (non-hydrogen) atoms. The zero-order chi connectivity index (χ0) is 25.1. The number of benzene rings is 2. The summed E-state index contributed by atoms with van der Waals surface area (Å²) in [6, 6.07) is 13.4. The number of ether oxygens (including phenoxy) is 4. The highest BCUT2D eigenvalue weighted by molar-refractivity contribution is 5.95. The molecule has 0 aliphatic heterocycles. The lowest BCUT2D eigenvalue weighted by molar-refractivity contribution is -0.159. The molecule has 0 fully saturated rings. The van der Waals surface area contributed by atoms with Gasteiger partial charge in [-0.2, -0.15) is 0 Å². The first-order valence-corrected chi connectivity index (χ1v) is 10.3. The molecule has 2 rings (SSSR count). The topological polar surface area (TPSA) is 146 Å². The van der Waals surface area contributed by atoms with E-state index in [1.165, 1.54) is 14.2 Å². The van der Waals surface area contributed by atoms with Crippen LogP contribution < -0.4 is 9.47 Å². The zero-order valence-corrected chi connectivity index (χ0v) is 18.8. The van der Waals surface area contributed by atoms with Crippen LogP contribution in [0.4, 0.5) is 0 Å². The molecule has 0 bridgehead atoms. The summed E-state index contributed by atoms with van der Waals surface area (Å²) in [7, 11) is 2.42. The summed E-state index contributed by atoms with van der Waals surface area (Å²) in [5.41, 5.74) is 1.30. The van der Waals surface area contributed by atoms with E-state index in [0.717, 1.165) is 5.56 Å². The second-order valence-corrected chi connectivity index (χ2v) is 7.22. The Kier molecular flexibility index (Phi) is 9.88. The van der Waals surface area contributed by atoms with Crippen molar-refractivity contribution in [3.8, 4) is 11.5 Å². The fraction of sp³-hybridized carbons (Fsp3) is 0.333. The Balaban J connectivity index is 1.80.